The summed E-state index contributed by atoms with van der Waals surface area (Å²) in [5.74, 6) is -0.667. The van der Waals surface area contributed by atoms with Crippen LogP contribution < -0.4 is 10.2 Å². The third-order valence-electron chi connectivity index (χ3n) is 3.62. The Balaban J connectivity index is 2.18. The number of aryl methyl sites for hydroxylation is 1. The predicted octanol–water partition coefficient (Wildman–Crippen LogP) is 2.85. The molecule has 4 heteroatoms. The van der Waals surface area contributed by atoms with Crippen molar-refractivity contribution in [1.29, 1.82) is 0 Å². The van der Waals surface area contributed by atoms with Gasteiger partial charge in [-0.1, -0.05) is 6.92 Å². The van der Waals surface area contributed by atoms with Crippen LogP contribution in [0.1, 0.15) is 25.3 Å². The van der Waals surface area contributed by atoms with Gasteiger partial charge in [-0.15, -0.1) is 0 Å². The first kappa shape index (κ1) is 13.3. The third-order valence-corrected chi connectivity index (χ3v) is 3.62. The zero-order valence-electron chi connectivity index (χ0n) is 11.0. The van der Waals surface area contributed by atoms with E-state index in [-0.39, 0.29) is 11.6 Å². The number of hydrogen-bond donors (Lipinski definition) is 1. The Morgan fingerprint density at radius 1 is 1.28 bits per heavy atom. The molecule has 1 atom stereocenters. The maximum atomic E-state index is 13.9. The Morgan fingerprint density at radius 3 is 2.78 bits per heavy atom. The normalized spacial score (nSPS) is 20.9. The minimum absolute atomic E-state index is 0.330. The second-order valence-corrected chi connectivity index (χ2v) is 4.89. The van der Waals surface area contributed by atoms with E-state index in [4.69, 9.17) is 0 Å². The number of rotatable bonds is 2. The van der Waals surface area contributed by atoms with Crippen molar-refractivity contribution >= 4 is 5.69 Å². The van der Waals surface area contributed by atoms with E-state index in [2.05, 4.69) is 12.2 Å². The van der Waals surface area contributed by atoms with Gasteiger partial charge in [0, 0.05) is 31.7 Å². The Bertz CT molecular complexity index is 421. The summed E-state index contributed by atoms with van der Waals surface area (Å²) in [5, 5.41) is 3.42. The van der Waals surface area contributed by atoms with Crippen LogP contribution in [-0.4, -0.2) is 25.7 Å². The summed E-state index contributed by atoms with van der Waals surface area (Å²) >= 11 is 0. The first-order valence-corrected chi connectivity index (χ1v) is 6.55. The lowest BCUT2D eigenvalue weighted by atomic mass is 10.1. The van der Waals surface area contributed by atoms with Gasteiger partial charge in [-0.2, -0.15) is 0 Å². The van der Waals surface area contributed by atoms with Gasteiger partial charge in [0.05, 0.1) is 5.69 Å². The fraction of sp³-hybridized carbons (Fsp3) is 0.571. The molecule has 0 aliphatic carbocycles. The van der Waals surface area contributed by atoms with E-state index in [1.165, 1.54) is 12.1 Å². The van der Waals surface area contributed by atoms with E-state index < -0.39 is 0 Å². The fourth-order valence-electron chi connectivity index (χ4n) is 2.40. The highest BCUT2D eigenvalue weighted by molar-refractivity contribution is 5.49. The highest BCUT2D eigenvalue weighted by atomic mass is 19.1. The van der Waals surface area contributed by atoms with Crippen molar-refractivity contribution in [2.75, 3.05) is 24.5 Å². The summed E-state index contributed by atoms with van der Waals surface area (Å²) in [7, 11) is 0. The van der Waals surface area contributed by atoms with Crippen LogP contribution in [0.4, 0.5) is 14.5 Å². The van der Waals surface area contributed by atoms with Crippen LogP contribution >= 0.6 is 0 Å². The van der Waals surface area contributed by atoms with Gasteiger partial charge in [-0.3, -0.25) is 0 Å². The number of benzene rings is 1. The number of nitrogens with zero attached hydrogens (tertiary/aromatic N) is 1. The zero-order valence-corrected chi connectivity index (χ0v) is 11.0. The smallest absolute Gasteiger partial charge is 0.146 e. The van der Waals surface area contributed by atoms with Crippen LogP contribution in [0.25, 0.3) is 0 Å². The van der Waals surface area contributed by atoms with Gasteiger partial charge in [0.25, 0.3) is 0 Å². The molecule has 1 aromatic carbocycles. The molecule has 1 heterocycles. The summed E-state index contributed by atoms with van der Waals surface area (Å²) in [4.78, 5) is 1.93. The molecule has 1 fully saturated rings. The standard InChI is InChI=1S/C14H20F2N2/c1-3-11-4-6-18(7-5-17-11)14-9-12(15)10(2)8-13(14)16/h8-9,11,17H,3-7H2,1-2H3. The molecule has 0 amide bonds. The molecule has 0 saturated carbocycles. The number of halogens is 2. The molecule has 1 aliphatic heterocycles. The summed E-state index contributed by atoms with van der Waals surface area (Å²) in [6.45, 7) is 6.02. The first-order chi connectivity index (χ1) is 8.61. The molecular weight excluding hydrogens is 234 g/mol. The van der Waals surface area contributed by atoms with Crippen molar-refractivity contribution in [3.8, 4) is 0 Å². The van der Waals surface area contributed by atoms with Crippen molar-refractivity contribution in [3.05, 3.63) is 29.3 Å². The summed E-state index contributed by atoms with van der Waals surface area (Å²) in [6, 6.07) is 3.07. The van der Waals surface area contributed by atoms with E-state index in [0.717, 1.165) is 32.5 Å². The van der Waals surface area contributed by atoms with E-state index in [0.29, 0.717) is 17.3 Å². The summed E-state index contributed by atoms with van der Waals surface area (Å²) in [5.41, 5.74) is 0.743. The lowest BCUT2D eigenvalue weighted by Gasteiger charge is -2.23. The summed E-state index contributed by atoms with van der Waals surface area (Å²) in [6.07, 6.45) is 2.03. The first-order valence-electron chi connectivity index (χ1n) is 6.55. The van der Waals surface area contributed by atoms with E-state index >= 15 is 0 Å². The van der Waals surface area contributed by atoms with Crippen molar-refractivity contribution in [3.63, 3.8) is 0 Å². The van der Waals surface area contributed by atoms with Crippen LogP contribution in [0, 0.1) is 18.6 Å². The molecule has 1 aliphatic rings. The average Bonchev–Trinajstić information content (AvgIpc) is 2.59. The van der Waals surface area contributed by atoms with Crippen LogP contribution in [0.5, 0.6) is 0 Å². The van der Waals surface area contributed by atoms with Gasteiger partial charge in [-0.05, 0) is 31.4 Å². The molecule has 1 N–H and O–H groups in total. The van der Waals surface area contributed by atoms with E-state index in [1.54, 1.807) is 6.92 Å². The van der Waals surface area contributed by atoms with Crippen LogP contribution in [-0.2, 0) is 0 Å². The fourth-order valence-corrected chi connectivity index (χ4v) is 2.40. The van der Waals surface area contributed by atoms with Crippen molar-refractivity contribution in [2.24, 2.45) is 0 Å². The number of nitrogens with one attached hydrogen (secondary N) is 1. The number of hydrogen-bond acceptors (Lipinski definition) is 2. The molecule has 2 nitrogen and oxygen atoms in total. The van der Waals surface area contributed by atoms with Gasteiger partial charge >= 0.3 is 0 Å². The molecule has 100 valence electrons. The quantitative estimate of drug-likeness (QED) is 0.873. The highest BCUT2D eigenvalue weighted by Crippen LogP contribution is 2.24. The zero-order chi connectivity index (χ0) is 13.1. The molecule has 0 radical (unpaired) electrons. The maximum Gasteiger partial charge on any atom is 0.146 e. The second-order valence-electron chi connectivity index (χ2n) is 4.89. The molecule has 1 saturated heterocycles. The van der Waals surface area contributed by atoms with Gasteiger partial charge in [0.15, 0.2) is 0 Å². The van der Waals surface area contributed by atoms with E-state index in [9.17, 15) is 8.78 Å². The van der Waals surface area contributed by atoms with Gasteiger partial charge in [0.1, 0.15) is 11.6 Å². The van der Waals surface area contributed by atoms with Gasteiger partial charge < -0.3 is 10.2 Å². The monoisotopic (exact) mass is 254 g/mol. The van der Waals surface area contributed by atoms with Crippen molar-refractivity contribution in [1.82, 2.24) is 5.32 Å². The number of anilines is 1. The molecule has 1 aromatic rings. The second kappa shape index (κ2) is 5.65. The Hall–Kier alpha value is -1.16. The SMILES string of the molecule is CCC1CCN(c2cc(F)c(C)cc2F)CCN1. The minimum atomic E-state index is -0.337. The lowest BCUT2D eigenvalue weighted by Crippen LogP contribution is -2.30. The highest BCUT2D eigenvalue weighted by Gasteiger charge is 2.18. The molecule has 18 heavy (non-hydrogen) atoms. The van der Waals surface area contributed by atoms with Crippen molar-refractivity contribution < 1.29 is 8.78 Å². The Labute approximate surface area is 107 Å². The van der Waals surface area contributed by atoms with Crippen molar-refractivity contribution in [2.45, 2.75) is 32.7 Å². The molecular formula is C14H20F2N2. The van der Waals surface area contributed by atoms with E-state index in [1.807, 2.05) is 4.90 Å². The molecule has 1 unspecified atom stereocenters. The van der Waals surface area contributed by atoms with Gasteiger partial charge in [-0.25, -0.2) is 8.78 Å². The van der Waals surface area contributed by atoms with Crippen LogP contribution in [0.2, 0.25) is 0 Å². The van der Waals surface area contributed by atoms with Crippen LogP contribution in [0.15, 0.2) is 12.1 Å². The molecule has 2 rings (SSSR count). The molecule has 0 bridgehead atoms. The average molecular weight is 254 g/mol. The lowest BCUT2D eigenvalue weighted by molar-refractivity contribution is 0.509. The third kappa shape index (κ3) is 2.80. The summed E-state index contributed by atoms with van der Waals surface area (Å²) < 4.78 is 27.4. The Kier molecular flexibility index (Phi) is 4.17. The van der Waals surface area contributed by atoms with Gasteiger partial charge in [0.2, 0.25) is 0 Å². The molecule has 0 aromatic heterocycles. The van der Waals surface area contributed by atoms with Crippen LogP contribution in [0.3, 0.4) is 0 Å². The minimum Gasteiger partial charge on any atom is -0.368 e. The Morgan fingerprint density at radius 2 is 2.06 bits per heavy atom. The maximum absolute atomic E-state index is 13.9. The predicted molar refractivity (Wildman–Crippen MR) is 70.0 cm³/mol. The topological polar surface area (TPSA) is 15.3 Å². The largest absolute Gasteiger partial charge is 0.368 e. The molecule has 0 spiro atoms.